The first-order valence-corrected chi connectivity index (χ1v) is 18.1. The minimum absolute atomic E-state index is 0.0114. The molecular formula is C24H46O5Si2. The molecule has 1 unspecified atom stereocenters. The van der Waals surface area contributed by atoms with Gasteiger partial charge in [-0.1, -0.05) is 34.6 Å². The third-order valence-corrected chi connectivity index (χ3v) is 13.9. The maximum atomic E-state index is 13.8. The standard InChI is InChI=1S/C24H46O5Si2/c1-21(2,3)31(11,12)28-18-14-15-23(6)19(25)17(20(26)27-7)13-16-24(23,22(18,4)5)29-30(8,9)10/h17-18H,13-16H2,1-12H3/t17?,18-,23+,24+/m0/s1. The van der Waals surface area contributed by atoms with Crippen molar-refractivity contribution in [2.24, 2.45) is 16.7 Å². The molecule has 0 bridgehead atoms. The normalized spacial score (nSPS) is 34.3. The molecule has 0 aromatic heterocycles. The van der Waals surface area contributed by atoms with Crippen molar-refractivity contribution < 1.29 is 23.2 Å². The third-order valence-electron chi connectivity index (χ3n) is 8.50. The van der Waals surface area contributed by atoms with Gasteiger partial charge in [-0.25, -0.2) is 0 Å². The van der Waals surface area contributed by atoms with Gasteiger partial charge in [0.1, 0.15) is 5.92 Å². The van der Waals surface area contributed by atoms with Crippen LogP contribution in [-0.4, -0.2) is 47.2 Å². The van der Waals surface area contributed by atoms with Crippen molar-refractivity contribution in [2.75, 3.05) is 7.11 Å². The van der Waals surface area contributed by atoms with Gasteiger partial charge in [0, 0.05) is 5.41 Å². The van der Waals surface area contributed by atoms with E-state index in [0.29, 0.717) is 19.3 Å². The Kier molecular flexibility index (Phi) is 6.96. The van der Waals surface area contributed by atoms with E-state index in [1.54, 1.807) is 0 Å². The first kappa shape index (κ1) is 26.7. The predicted molar refractivity (Wildman–Crippen MR) is 130 cm³/mol. The predicted octanol–water partition coefficient (Wildman–Crippen LogP) is 5.95. The number of hydrogen-bond acceptors (Lipinski definition) is 5. The first-order chi connectivity index (χ1) is 13.8. The van der Waals surface area contributed by atoms with Crippen LogP contribution in [0.5, 0.6) is 0 Å². The number of fused-ring (bicyclic) bond motifs is 1. The molecule has 2 aliphatic rings. The number of ether oxygens (including phenoxy) is 1. The smallest absolute Gasteiger partial charge is 0.316 e. The number of esters is 1. The van der Waals surface area contributed by atoms with E-state index in [0.717, 1.165) is 6.42 Å². The molecular weight excluding hydrogens is 424 g/mol. The fraction of sp³-hybridized carbons (Fsp3) is 0.917. The summed E-state index contributed by atoms with van der Waals surface area (Å²) in [5.41, 5.74) is -1.76. The lowest BCUT2D eigenvalue weighted by Crippen LogP contribution is -2.73. The fourth-order valence-electron chi connectivity index (χ4n) is 5.66. The molecule has 0 saturated heterocycles. The van der Waals surface area contributed by atoms with E-state index in [9.17, 15) is 9.59 Å². The second kappa shape index (κ2) is 8.06. The van der Waals surface area contributed by atoms with Crippen LogP contribution in [-0.2, 0) is 23.2 Å². The Hall–Kier alpha value is -0.506. The zero-order chi connectivity index (χ0) is 24.3. The molecule has 5 nitrogen and oxygen atoms in total. The Morgan fingerprint density at radius 3 is 2.00 bits per heavy atom. The second-order valence-corrected chi connectivity index (χ2v) is 22.2. The Bertz CT molecular complexity index is 718. The molecule has 2 rings (SSSR count). The molecule has 0 radical (unpaired) electrons. The molecule has 0 N–H and O–H groups in total. The number of carbonyl (C=O) groups is 2. The molecule has 7 heteroatoms. The van der Waals surface area contributed by atoms with E-state index < -0.39 is 39.5 Å². The highest BCUT2D eigenvalue weighted by molar-refractivity contribution is 6.74. The van der Waals surface area contributed by atoms with Gasteiger partial charge >= 0.3 is 5.97 Å². The fourth-order valence-corrected chi connectivity index (χ4v) is 8.77. The molecule has 0 amide bonds. The van der Waals surface area contributed by atoms with Crippen LogP contribution in [0.3, 0.4) is 0 Å². The Labute approximate surface area is 192 Å². The van der Waals surface area contributed by atoms with Crippen molar-refractivity contribution in [1.82, 2.24) is 0 Å². The molecule has 180 valence electrons. The number of Topliss-reactive ketones (excluding diaryl/α,β-unsaturated/α-hetero) is 1. The lowest BCUT2D eigenvalue weighted by Gasteiger charge is -2.66. The van der Waals surface area contributed by atoms with Crippen LogP contribution in [0, 0.1) is 16.7 Å². The average Bonchev–Trinajstić information content (AvgIpc) is 2.59. The van der Waals surface area contributed by atoms with Crippen LogP contribution in [0.15, 0.2) is 0 Å². The van der Waals surface area contributed by atoms with Crippen molar-refractivity contribution in [3.8, 4) is 0 Å². The maximum absolute atomic E-state index is 13.8. The van der Waals surface area contributed by atoms with Crippen LogP contribution in [0.25, 0.3) is 0 Å². The quantitative estimate of drug-likeness (QED) is 0.282. The molecule has 4 atom stereocenters. The zero-order valence-electron chi connectivity index (χ0n) is 22.0. The summed E-state index contributed by atoms with van der Waals surface area (Å²) >= 11 is 0. The van der Waals surface area contributed by atoms with Gasteiger partial charge in [-0.2, -0.15) is 0 Å². The topological polar surface area (TPSA) is 61.8 Å². The van der Waals surface area contributed by atoms with Crippen LogP contribution in [0.2, 0.25) is 37.8 Å². The number of rotatable bonds is 5. The third kappa shape index (κ3) is 4.36. The summed E-state index contributed by atoms with van der Waals surface area (Å²) in [7, 11) is -2.67. The number of carbonyl (C=O) groups excluding carboxylic acids is 2. The number of methoxy groups -OCH3 is 1. The van der Waals surface area contributed by atoms with Gasteiger partial charge < -0.3 is 13.6 Å². The first-order valence-electron chi connectivity index (χ1n) is 11.8. The Morgan fingerprint density at radius 2 is 1.55 bits per heavy atom. The minimum atomic E-state index is -2.02. The van der Waals surface area contributed by atoms with Gasteiger partial charge in [-0.3, -0.25) is 9.59 Å². The molecule has 0 spiro atoms. The SMILES string of the molecule is COC(=O)C1CC[C@@]2(O[Si](C)(C)C)C(C)(C)[C@@H](O[Si](C)(C)C(C)(C)C)CC[C@]2(C)C1=O. The van der Waals surface area contributed by atoms with Crippen LogP contribution < -0.4 is 0 Å². The number of ketones is 1. The summed E-state index contributed by atoms with van der Waals surface area (Å²) in [5.74, 6) is -1.12. The van der Waals surface area contributed by atoms with Crippen molar-refractivity contribution >= 4 is 28.4 Å². The second-order valence-electron chi connectivity index (χ2n) is 13.0. The number of hydrogen-bond donors (Lipinski definition) is 0. The van der Waals surface area contributed by atoms with E-state index in [1.807, 2.05) is 6.92 Å². The highest BCUT2D eigenvalue weighted by Gasteiger charge is 2.70. The van der Waals surface area contributed by atoms with Gasteiger partial charge in [-0.15, -0.1) is 0 Å². The molecule has 0 aliphatic heterocycles. The van der Waals surface area contributed by atoms with Gasteiger partial charge in [0.2, 0.25) is 0 Å². The largest absolute Gasteiger partial charge is 0.468 e. The highest BCUT2D eigenvalue weighted by Crippen LogP contribution is 2.64. The summed E-state index contributed by atoms with van der Waals surface area (Å²) in [4.78, 5) is 26.2. The van der Waals surface area contributed by atoms with Crippen molar-refractivity contribution in [3.05, 3.63) is 0 Å². The summed E-state index contributed by atoms with van der Waals surface area (Å²) in [6, 6.07) is 0. The van der Waals surface area contributed by atoms with Crippen LogP contribution in [0.1, 0.15) is 67.2 Å². The highest BCUT2D eigenvalue weighted by atomic mass is 28.4. The maximum Gasteiger partial charge on any atom is 0.316 e. The van der Waals surface area contributed by atoms with E-state index >= 15 is 0 Å². The Morgan fingerprint density at radius 1 is 1.00 bits per heavy atom. The minimum Gasteiger partial charge on any atom is -0.468 e. The van der Waals surface area contributed by atoms with E-state index in [-0.39, 0.29) is 22.3 Å². The molecule has 31 heavy (non-hydrogen) atoms. The lowest BCUT2D eigenvalue weighted by molar-refractivity contribution is -0.225. The summed E-state index contributed by atoms with van der Waals surface area (Å²) < 4.78 is 19.0. The molecule has 0 aromatic carbocycles. The summed E-state index contributed by atoms with van der Waals surface area (Å²) in [6.45, 7) is 24.4. The van der Waals surface area contributed by atoms with Crippen molar-refractivity contribution in [1.29, 1.82) is 0 Å². The molecule has 0 aromatic rings. The van der Waals surface area contributed by atoms with Gasteiger partial charge in [0.15, 0.2) is 22.4 Å². The van der Waals surface area contributed by atoms with Crippen LogP contribution in [0.4, 0.5) is 0 Å². The van der Waals surface area contributed by atoms with Crippen molar-refractivity contribution in [2.45, 2.75) is 117 Å². The van der Waals surface area contributed by atoms with Gasteiger partial charge in [0.25, 0.3) is 0 Å². The van der Waals surface area contributed by atoms with Gasteiger partial charge in [0.05, 0.1) is 24.2 Å². The Balaban J connectivity index is 2.59. The van der Waals surface area contributed by atoms with Crippen molar-refractivity contribution in [3.63, 3.8) is 0 Å². The van der Waals surface area contributed by atoms with E-state index in [2.05, 4.69) is 67.4 Å². The van der Waals surface area contributed by atoms with E-state index in [1.165, 1.54) is 7.11 Å². The van der Waals surface area contributed by atoms with Crippen LogP contribution >= 0.6 is 0 Å². The monoisotopic (exact) mass is 470 g/mol. The molecule has 2 aliphatic carbocycles. The zero-order valence-corrected chi connectivity index (χ0v) is 24.0. The molecule has 2 saturated carbocycles. The summed E-state index contributed by atoms with van der Waals surface area (Å²) in [6.07, 6.45) is 2.63. The average molecular weight is 471 g/mol. The molecule has 0 heterocycles. The van der Waals surface area contributed by atoms with E-state index in [4.69, 9.17) is 13.6 Å². The summed E-state index contributed by atoms with van der Waals surface area (Å²) in [5, 5.41) is 0.106. The lowest BCUT2D eigenvalue weighted by atomic mass is 9.46. The van der Waals surface area contributed by atoms with Gasteiger partial charge in [-0.05, 0) is 70.4 Å². The molecule has 2 fully saturated rings.